The molecule has 0 fully saturated rings. The first-order valence-electron chi connectivity index (χ1n) is 10.5. The van der Waals surface area contributed by atoms with Gasteiger partial charge in [-0.1, -0.05) is 42.5 Å². The van der Waals surface area contributed by atoms with Gasteiger partial charge in [0.25, 0.3) is 5.91 Å². The molecule has 160 valence electrons. The number of hydrogen-bond donors (Lipinski definition) is 2. The van der Waals surface area contributed by atoms with Crippen LogP contribution < -0.4 is 15.5 Å². The lowest BCUT2D eigenvalue weighted by Gasteiger charge is -2.16. The SMILES string of the molecule is CC(=O)NCCNCc1cc(C(=O)N2CCc3c(-c4ccccc4)cccc32)nn1C. The molecule has 7 nitrogen and oxygen atoms in total. The van der Waals surface area contributed by atoms with Crippen LogP contribution in [0, 0.1) is 0 Å². The van der Waals surface area contributed by atoms with Crippen LogP contribution in [0.2, 0.25) is 0 Å². The van der Waals surface area contributed by atoms with Gasteiger partial charge >= 0.3 is 0 Å². The van der Waals surface area contributed by atoms with Crippen LogP contribution in [0.15, 0.2) is 54.6 Å². The second kappa shape index (κ2) is 9.14. The Balaban J connectivity index is 1.48. The van der Waals surface area contributed by atoms with Gasteiger partial charge in [0.1, 0.15) is 0 Å². The third-order valence-corrected chi connectivity index (χ3v) is 5.54. The lowest BCUT2D eigenvalue weighted by molar-refractivity contribution is -0.118. The van der Waals surface area contributed by atoms with E-state index in [0.717, 1.165) is 17.8 Å². The Morgan fingerprint density at radius 2 is 1.87 bits per heavy atom. The molecular weight excluding hydrogens is 390 g/mol. The molecule has 0 saturated heterocycles. The highest BCUT2D eigenvalue weighted by molar-refractivity contribution is 6.06. The maximum Gasteiger partial charge on any atom is 0.278 e. The second-order valence-corrected chi connectivity index (χ2v) is 7.68. The zero-order valence-corrected chi connectivity index (χ0v) is 17.9. The van der Waals surface area contributed by atoms with Gasteiger partial charge in [-0.2, -0.15) is 5.10 Å². The maximum atomic E-state index is 13.3. The molecule has 7 heteroatoms. The highest BCUT2D eigenvalue weighted by atomic mass is 16.2. The molecule has 4 rings (SSSR count). The van der Waals surface area contributed by atoms with Crippen LogP contribution in [0.5, 0.6) is 0 Å². The van der Waals surface area contributed by atoms with Crippen LogP contribution in [-0.2, 0) is 24.8 Å². The monoisotopic (exact) mass is 417 g/mol. The number of benzene rings is 2. The van der Waals surface area contributed by atoms with Crippen molar-refractivity contribution in [1.29, 1.82) is 0 Å². The molecule has 2 aromatic carbocycles. The number of rotatable bonds is 7. The largest absolute Gasteiger partial charge is 0.355 e. The number of hydrogen-bond acceptors (Lipinski definition) is 4. The molecule has 3 aromatic rings. The average molecular weight is 418 g/mol. The Hall–Kier alpha value is -3.45. The zero-order chi connectivity index (χ0) is 21.8. The van der Waals surface area contributed by atoms with E-state index in [1.807, 2.05) is 48.3 Å². The Labute approximate surface area is 182 Å². The first-order valence-corrected chi connectivity index (χ1v) is 10.5. The summed E-state index contributed by atoms with van der Waals surface area (Å²) in [5.74, 6) is -0.124. The summed E-state index contributed by atoms with van der Waals surface area (Å²) in [6.07, 6.45) is 0.830. The molecule has 0 aliphatic carbocycles. The number of nitrogens with one attached hydrogen (secondary N) is 2. The molecule has 0 bridgehead atoms. The van der Waals surface area contributed by atoms with E-state index in [9.17, 15) is 9.59 Å². The normalized spacial score (nSPS) is 12.6. The minimum Gasteiger partial charge on any atom is -0.355 e. The van der Waals surface area contributed by atoms with Crippen LogP contribution in [0.25, 0.3) is 11.1 Å². The Morgan fingerprint density at radius 1 is 1.06 bits per heavy atom. The number of carbonyl (C=O) groups is 2. The average Bonchev–Trinajstić information content (AvgIpc) is 3.37. The maximum absolute atomic E-state index is 13.3. The Morgan fingerprint density at radius 3 is 2.65 bits per heavy atom. The molecule has 0 unspecified atom stereocenters. The molecule has 0 saturated carbocycles. The van der Waals surface area contributed by atoms with Crippen molar-refractivity contribution in [2.24, 2.45) is 7.05 Å². The predicted molar refractivity (Wildman–Crippen MR) is 121 cm³/mol. The molecule has 0 atom stereocenters. The van der Waals surface area contributed by atoms with Crippen molar-refractivity contribution in [2.75, 3.05) is 24.5 Å². The molecule has 31 heavy (non-hydrogen) atoms. The first-order chi connectivity index (χ1) is 15.0. The molecule has 0 spiro atoms. The van der Waals surface area contributed by atoms with Gasteiger partial charge in [0.05, 0.1) is 5.69 Å². The standard InChI is InChI=1S/C24H27N5O2/c1-17(30)26-13-12-25-16-19-15-22(27-28(19)2)24(31)29-14-11-21-20(9-6-10-23(21)29)18-7-4-3-5-8-18/h3-10,15,25H,11-14,16H2,1-2H3,(H,26,30). The fraction of sp³-hybridized carbons (Fsp3) is 0.292. The molecule has 1 aliphatic heterocycles. The second-order valence-electron chi connectivity index (χ2n) is 7.68. The molecular formula is C24H27N5O2. The smallest absolute Gasteiger partial charge is 0.278 e. The third-order valence-electron chi connectivity index (χ3n) is 5.54. The summed E-state index contributed by atoms with van der Waals surface area (Å²) in [4.78, 5) is 26.0. The van der Waals surface area contributed by atoms with Crippen molar-refractivity contribution >= 4 is 17.5 Å². The minimum atomic E-state index is -0.0796. The van der Waals surface area contributed by atoms with Crippen LogP contribution >= 0.6 is 0 Å². The van der Waals surface area contributed by atoms with Gasteiger partial charge < -0.3 is 15.5 Å². The predicted octanol–water partition coefficient (Wildman–Crippen LogP) is 2.52. The summed E-state index contributed by atoms with van der Waals surface area (Å²) in [5, 5.41) is 10.5. The van der Waals surface area contributed by atoms with Crippen LogP contribution in [-0.4, -0.2) is 41.2 Å². The molecule has 1 aliphatic rings. The van der Waals surface area contributed by atoms with Gasteiger partial charge in [0.15, 0.2) is 5.69 Å². The Kier molecular flexibility index (Phi) is 6.13. The highest BCUT2D eigenvalue weighted by Crippen LogP contribution is 2.36. The number of carbonyl (C=O) groups excluding carboxylic acids is 2. The number of nitrogens with zero attached hydrogens (tertiary/aromatic N) is 3. The summed E-state index contributed by atoms with van der Waals surface area (Å²) >= 11 is 0. The quantitative estimate of drug-likeness (QED) is 0.579. The van der Waals surface area contributed by atoms with E-state index in [1.165, 1.54) is 23.6 Å². The summed E-state index contributed by atoms with van der Waals surface area (Å²) in [6.45, 7) is 3.94. The lowest BCUT2D eigenvalue weighted by Crippen LogP contribution is -2.30. The Bertz CT molecular complexity index is 1090. The van der Waals surface area contributed by atoms with Crippen molar-refractivity contribution < 1.29 is 9.59 Å². The van der Waals surface area contributed by atoms with Crippen LogP contribution in [0.4, 0.5) is 5.69 Å². The third kappa shape index (κ3) is 4.51. The number of aromatic nitrogens is 2. The van der Waals surface area contributed by atoms with E-state index in [0.29, 0.717) is 31.9 Å². The lowest BCUT2D eigenvalue weighted by atomic mass is 9.98. The van der Waals surface area contributed by atoms with Gasteiger partial charge in [-0.3, -0.25) is 14.3 Å². The molecule has 2 N–H and O–H groups in total. The van der Waals surface area contributed by atoms with Crippen molar-refractivity contribution in [3.8, 4) is 11.1 Å². The van der Waals surface area contributed by atoms with Crippen LogP contribution in [0.3, 0.4) is 0 Å². The molecule has 2 heterocycles. The first kappa shape index (κ1) is 20.8. The van der Waals surface area contributed by atoms with Crippen molar-refractivity contribution in [1.82, 2.24) is 20.4 Å². The summed E-state index contributed by atoms with van der Waals surface area (Å²) in [5.41, 5.74) is 5.88. The van der Waals surface area contributed by atoms with Crippen LogP contribution in [0.1, 0.15) is 28.7 Å². The number of amides is 2. The fourth-order valence-corrected chi connectivity index (χ4v) is 3.99. The zero-order valence-electron chi connectivity index (χ0n) is 17.9. The van der Waals surface area contributed by atoms with Crippen molar-refractivity contribution in [3.63, 3.8) is 0 Å². The van der Waals surface area contributed by atoms with Gasteiger partial charge in [-0.15, -0.1) is 0 Å². The van der Waals surface area contributed by atoms with E-state index in [1.54, 1.807) is 4.68 Å². The topological polar surface area (TPSA) is 79.3 Å². The van der Waals surface area contributed by atoms with Gasteiger partial charge in [-0.25, -0.2) is 0 Å². The van der Waals surface area contributed by atoms with Crippen molar-refractivity contribution in [2.45, 2.75) is 19.9 Å². The van der Waals surface area contributed by atoms with Crippen molar-refractivity contribution in [3.05, 3.63) is 71.5 Å². The summed E-state index contributed by atoms with van der Waals surface area (Å²) in [7, 11) is 1.84. The van der Waals surface area contributed by atoms with E-state index in [4.69, 9.17) is 0 Å². The molecule has 2 amide bonds. The highest BCUT2D eigenvalue weighted by Gasteiger charge is 2.29. The van der Waals surface area contributed by atoms with E-state index < -0.39 is 0 Å². The number of anilines is 1. The van der Waals surface area contributed by atoms with Gasteiger partial charge in [-0.05, 0) is 35.2 Å². The molecule has 0 radical (unpaired) electrons. The van der Waals surface area contributed by atoms with E-state index in [-0.39, 0.29) is 11.8 Å². The van der Waals surface area contributed by atoms with E-state index in [2.05, 4.69) is 33.9 Å². The number of fused-ring (bicyclic) bond motifs is 1. The minimum absolute atomic E-state index is 0.0449. The van der Waals surface area contributed by atoms with Gasteiger partial charge in [0, 0.05) is 45.8 Å². The summed E-state index contributed by atoms with van der Waals surface area (Å²) in [6, 6.07) is 18.3. The molecule has 1 aromatic heterocycles. The van der Waals surface area contributed by atoms with Gasteiger partial charge in [0.2, 0.25) is 5.91 Å². The van der Waals surface area contributed by atoms with E-state index >= 15 is 0 Å². The number of aryl methyl sites for hydroxylation is 1. The fourth-order valence-electron chi connectivity index (χ4n) is 3.99. The summed E-state index contributed by atoms with van der Waals surface area (Å²) < 4.78 is 1.73.